The Balaban J connectivity index is 2.69. The van der Waals surface area contributed by atoms with Crippen molar-refractivity contribution in [3.8, 4) is 0 Å². The Hall–Kier alpha value is -0.410. The standard InChI is InChI=1S/C11H20N2S/c1-8(6-12)5-10-13-9(7-14-10)11(2,3)4/h7-8H,5-6,12H2,1-4H3. The highest BCUT2D eigenvalue weighted by Crippen LogP contribution is 2.24. The highest BCUT2D eigenvalue weighted by Gasteiger charge is 2.17. The van der Waals surface area contributed by atoms with Gasteiger partial charge in [-0.25, -0.2) is 4.98 Å². The largest absolute Gasteiger partial charge is 0.330 e. The molecule has 2 nitrogen and oxygen atoms in total. The van der Waals surface area contributed by atoms with Gasteiger partial charge in [0.05, 0.1) is 10.7 Å². The van der Waals surface area contributed by atoms with Crippen molar-refractivity contribution in [2.24, 2.45) is 11.7 Å². The Labute approximate surface area is 90.6 Å². The van der Waals surface area contributed by atoms with Crippen LogP contribution in [0.1, 0.15) is 38.4 Å². The first-order valence-electron chi connectivity index (χ1n) is 5.08. The zero-order valence-electron chi connectivity index (χ0n) is 9.50. The van der Waals surface area contributed by atoms with Crippen molar-refractivity contribution in [3.05, 3.63) is 16.1 Å². The molecule has 0 saturated heterocycles. The van der Waals surface area contributed by atoms with Crippen LogP contribution < -0.4 is 5.73 Å². The van der Waals surface area contributed by atoms with Crippen LogP contribution in [0.15, 0.2) is 5.38 Å². The summed E-state index contributed by atoms with van der Waals surface area (Å²) in [4.78, 5) is 4.63. The quantitative estimate of drug-likeness (QED) is 0.836. The van der Waals surface area contributed by atoms with E-state index in [4.69, 9.17) is 5.73 Å². The first kappa shape index (κ1) is 11.7. The van der Waals surface area contributed by atoms with Gasteiger partial charge in [-0.15, -0.1) is 11.3 Å². The average Bonchev–Trinajstić information content (AvgIpc) is 2.51. The molecule has 1 rings (SSSR count). The van der Waals surface area contributed by atoms with Crippen molar-refractivity contribution in [2.45, 2.75) is 39.5 Å². The van der Waals surface area contributed by atoms with Crippen LogP contribution in [0.2, 0.25) is 0 Å². The molecule has 0 aliphatic heterocycles. The molecule has 0 saturated carbocycles. The van der Waals surface area contributed by atoms with E-state index in [9.17, 15) is 0 Å². The van der Waals surface area contributed by atoms with Gasteiger partial charge in [0.15, 0.2) is 0 Å². The lowest BCUT2D eigenvalue weighted by atomic mass is 9.93. The maximum Gasteiger partial charge on any atom is 0.0931 e. The van der Waals surface area contributed by atoms with Crippen molar-refractivity contribution in [1.29, 1.82) is 0 Å². The van der Waals surface area contributed by atoms with Crippen molar-refractivity contribution < 1.29 is 0 Å². The maximum absolute atomic E-state index is 5.59. The van der Waals surface area contributed by atoms with Crippen molar-refractivity contribution in [1.82, 2.24) is 4.98 Å². The summed E-state index contributed by atoms with van der Waals surface area (Å²) >= 11 is 1.75. The van der Waals surface area contributed by atoms with Gasteiger partial charge in [-0.2, -0.15) is 0 Å². The summed E-state index contributed by atoms with van der Waals surface area (Å²) < 4.78 is 0. The average molecular weight is 212 g/mol. The molecule has 0 fully saturated rings. The van der Waals surface area contributed by atoms with Crippen LogP contribution in [0, 0.1) is 5.92 Å². The van der Waals surface area contributed by atoms with E-state index in [1.165, 1.54) is 10.7 Å². The molecule has 0 aliphatic rings. The smallest absolute Gasteiger partial charge is 0.0931 e. The molecule has 0 amide bonds. The minimum absolute atomic E-state index is 0.167. The van der Waals surface area contributed by atoms with Gasteiger partial charge in [0.2, 0.25) is 0 Å². The minimum Gasteiger partial charge on any atom is -0.330 e. The van der Waals surface area contributed by atoms with Gasteiger partial charge in [0.1, 0.15) is 0 Å². The van der Waals surface area contributed by atoms with Crippen molar-refractivity contribution >= 4 is 11.3 Å². The molecule has 0 bridgehead atoms. The third kappa shape index (κ3) is 3.07. The zero-order valence-corrected chi connectivity index (χ0v) is 10.3. The fraction of sp³-hybridized carbons (Fsp3) is 0.727. The second-order valence-electron chi connectivity index (χ2n) is 4.92. The number of nitrogens with zero attached hydrogens (tertiary/aromatic N) is 1. The first-order chi connectivity index (χ1) is 6.43. The molecule has 14 heavy (non-hydrogen) atoms. The summed E-state index contributed by atoms with van der Waals surface area (Å²) in [5.74, 6) is 0.536. The van der Waals surface area contributed by atoms with Gasteiger partial charge in [0.25, 0.3) is 0 Å². The lowest BCUT2D eigenvalue weighted by Crippen LogP contribution is -2.14. The molecule has 1 heterocycles. The Morgan fingerprint density at radius 1 is 1.50 bits per heavy atom. The Morgan fingerprint density at radius 2 is 2.14 bits per heavy atom. The summed E-state index contributed by atoms with van der Waals surface area (Å²) in [6.07, 6.45) is 1.01. The fourth-order valence-corrected chi connectivity index (χ4v) is 2.32. The molecule has 1 unspecified atom stereocenters. The number of rotatable bonds is 3. The lowest BCUT2D eigenvalue weighted by Gasteiger charge is -2.14. The normalized spacial score (nSPS) is 14.4. The maximum atomic E-state index is 5.59. The van der Waals surface area contributed by atoms with Crippen LogP contribution in [0.25, 0.3) is 0 Å². The van der Waals surface area contributed by atoms with E-state index in [0.29, 0.717) is 5.92 Å². The Bertz CT molecular complexity index is 286. The zero-order chi connectivity index (χ0) is 10.8. The third-order valence-electron chi connectivity index (χ3n) is 2.25. The Kier molecular flexibility index (Phi) is 3.67. The monoisotopic (exact) mass is 212 g/mol. The molecule has 0 radical (unpaired) electrons. The lowest BCUT2D eigenvalue weighted by molar-refractivity contribution is 0.559. The molecule has 3 heteroatoms. The minimum atomic E-state index is 0.167. The van der Waals surface area contributed by atoms with Gasteiger partial charge in [-0.05, 0) is 12.5 Å². The summed E-state index contributed by atoms with van der Waals surface area (Å²) in [5.41, 5.74) is 6.95. The summed E-state index contributed by atoms with van der Waals surface area (Å²) in [6, 6.07) is 0. The summed E-state index contributed by atoms with van der Waals surface area (Å²) in [6.45, 7) is 9.48. The van der Waals surface area contributed by atoms with Crippen LogP contribution in [0.4, 0.5) is 0 Å². The van der Waals surface area contributed by atoms with E-state index < -0.39 is 0 Å². The number of nitrogens with two attached hydrogens (primary N) is 1. The molecular weight excluding hydrogens is 192 g/mol. The molecule has 2 N–H and O–H groups in total. The van der Waals surface area contributed by atoms with Crippen molar-refractivity contribution in [2.75, 3.05) is 6.54 Å². The van der Waals surface area contributed by atoms with Gasteiger partial charge in [0, 0.05) is 17.2 Å². The topological polar surface area (TPSA) is 38.9 Å². The molecule has 0 aromatic carbocycles. The molecule has 0 spiro atoms. The third-order valence-corrected chi connectivity index (χ3v) is 3.12. The molecule has 1 aromatic rings. The van der Waals surface area contributed by atoms with Gasteiger partial charge < -0.3 is 5.73 Å². The SMILES string of the molecule is CC(CN)Cc1nc(C(C)(C)C)cs1. The second-order valence-corrected chi connectivity index (χ2v) is 5.86. The van der Waals surface area contributed by atoms with E-state index in [1.54, 1.807) is 11.3 Å². The van der Waals surface area contributed by atoms with E-state index in [-0.39, 0.29) is 5.41 Å². The second kappa shape index (κ2) is 4.41. The highest BCUT2D eigenvalue weighted by molar-refractivity contribution is 7.09. The molecule has 1 atom stereocenters. The molecule has 80 valence electrons. The van der Waals surface area contributed by atoms with E-state index in [0.717, 1.165) is 13.0 Å². The predicted molar refractivity (Wildman–Crippen MR) is 62.7 cm³/mol. The summed E-state index contributed by atoms with van der Waals surface area (Å²) in [5, 5.41) is 3.38. The first-order valence-corrected chi connectivity index (χ1v) is 5.96. The van der Waals surface area contributed by atoms with Crippen LogP contribution in [0.3, 0.4) is 0 Å². The molecular formula is C11H20N2S. The molecule has 1 aromatic heterocycles. The van der Waals surface area contributed by atoms with Crippen LogP contribution in [-0.2, 0) is 11.8 Å². The van der Waals surface area contributed by atoms with Gasteiger partial charge >= 0.3 is 0 Å². The number of hydrogen-bond acceptors (Lipinski definition) is 3. The van der Waals surface area contributed by atoms with E-state index in [1.807, 2.05) is 0 Å². The number of aromatic nitrogens is 1. The Morgan fingerprint density at radius 3 is 2.57 bits per heavy atom. The van der Waals surface area contributed by atoms with Crippen LogP contribution >= 0.6 is 11.3 Å². The van der Waals surface area contributed by atoms with E-state index in [2.05, 4.69) is 38.1 Å². The number of hydrogen-bond donors (Lipinski definition) is 1. The fourth-order valence-electron chi connectivity index (χ4n) is 1.13. The van der Waals surface area contributed by atoms with Crippen LogP contribution in [-0.4, -0.2) is 11.5 Å². The van der Waals surface area contributed by atoms with E-state index >= 15 is 0 Å². The summed E-state index contributed by atoms with van der Waals surface area (Å²) in [7, 11) is 0. The van der Waals surface area contributed by atoms with Gasteiger partial charge in [-0.1, -0.05) is 27.7 Å². The number of thiazole rings is 1. The highest BCUT2D eigenvalue weighted by atomic mass is 32.1. The van der Waals surface area contributed by atoms with Crippen molar-refractivity contribution in [3.63, 3.8) is 0 Å². The van der Waals surface area contributed by atoms with Crippen LogP contribution in [0.5, 0.6) is 0 Å². The predicted octanol–water partition coefficient (Wildman–Crippen LogP) is 2.58. The van der Waals surface area contributed by atoms with Gasteiger partial charge in [-0.3, -0.25) is 0 Å². The molecule has 0 aliphatic carbocycles.